The first-order chi connectivity index (χ1) is 11.5. The molecule has 0 fully saturated rings. The lowest BCUT2D eigenvalue weighted by atomic mass is 10.1. The molecule has 0 bridgehead atoms. The average molecular weight is 347 g/mol. The van der Waals surface area contributed by atoms with E-state index in [0.717, 1.165) is 0 Å². The van der Waals surface area contributed by atoms with Gasteiger partial charge in [0.1, 0.15) is 11.5 Å². The van der Waals surface area contributed by atoms with Crippen molar-refractivity contribution in [2.45, 2.75) is 6.54 Å². The molecule has 3 aromatic rings. The zero-order valence-corrected chi connectivity index (χ0v) is 12.9. The number of halogens is 1. The fourth-order valence-corrected chi connectivity index (χ4v) is 2.36. The maximum absolute atomic E-state index is 12.0. The number of non-ortho nitro benzene ring substituents is 1. The van der Waals surface area contributed by atoms with Crippen LogP contribution in [0.1, 0.15) is 16.3 Å². The molecule has 24 heavy (non-hydrogen) atoms. The van der Waals surface area contributed by atoms with Crippen molar-refractivity contribution >= 4 is 23.2 Å². The molecule has 1 aromatic carbocycles. The Labute approximate surface area is 141 Å². The van der Waals surface area contributed by atoms with E-state index in [-0.39, 0.29) is 23.0 Å². The van der Waals surface area contributed by atoms with Gasteiger partial charge in [-0.3, -0.25) is 14.9 Å². The van der Waals surface area contributed by atoms with Crippen molar-refractivity contribution in [3.8, 4) is 11.3 Å². The van der Waals surface area contributed by atoms with Gasteiger partial charge in [-0.05, 0) is 30.3 Å². The van der Waals surface area contributed by atoms with Crippen molar-refractivity contribution < 1.29 is 18.6 Å². The van der Waals surface area contributed by atoms with E-state index in [9.17, 15) is 14.9 Å². The van der Waals surface area contributed by atoms with Crippen LogP contribution in [0.2, 0.25) is 5.02 Å². The quantitative estimate of drug-likeness (QED) is 0.555. The summed E-state index contributed by atoms with van der Waals surface area (Å²) in [4.78, 5) is 22.2. The lowest BCUT2D eigenvalue weighted by Crippen LogP contribution is -2.21. The van der Waals surface area contributed by atoms with Crippen LogP contribution in [0.3, 0.4) is 0 Å². The molecule has 2 aromatic heterocycles. The number of furan rings is 2. The molecule has 7 nitrogen and oxygen atoms in total. The van der Waals surface area contributed by atoms with E-state index in [4.69, 9.17) is 20.4 Å². The van der Waals surface area contributed by atoms with E-state index in [1.54, 1.807) is 18.2 Å². The van der Waals surface area contributed by atoms with Crippen molar-refractivity contribution in [1.82, 2.24) is 5.32 Å². The van der Waals surface area contributed by atoms with E-state index >= 15 is 0 Å². The molecule has 0 aliphatic rings. The van der Waals surface area contributed by atoms with E-state index in [1.807, 2.05) is 0 Å². The molecule has 1 N–H and O–H groups in total. The Morgan fingerprint density at radius 2 is 2.08 bits per heavy atom. The Morgan fingerprint density at radius 3 is 2.75 bits per heavy atom. The molecule has 3 rings (SSSR count). The number of carbonyl (C=O) groups is 1. The predicted molar refractivity (Wildman–Crippen MR) is 85.7 cm³/mol. The van der Waals surface area contributed by atoms with Crippen molar-refractivity contribution in [3.63, 3.8) is 0 Å². The van der Waals surface area contributed by atoms with Crippen LogP contribution in [0, 0.1) is 10.1 Å². The second kappa shape index (κ2) is 6.59. The Hall–Kier alpha value is -3.06. The topological polar surface area (TPSA) is 98.5 Å². The zero-order valence-electron chi connectivity index (χ0n) is 12.2. The molecule has 0 atom stereocenters. The average Bonchev–Trinajstić information content (AvgIpc) is 3.24. The number of nitro groups is 1. The van der Waals surface area contributed by atoms with Crippen molar-refractivity contribution in [2.24, 2.45) is 0 Å². The van der Waals surface area contributed by atoms with Crippen LogP contribution >= 0.6 is 11.6 Å². The molecule has 8 heteroatoms. The Morgan fingerprint density at radius 1 is 1.25 bits per heavy atom. The van der Waals surface area contributed by atoms with Crippen LogP contribution in [0.4, 0.5) is 5.69 Å². The largest absolute Gasteiger partial charge is 0.467 e. The highest BCUT2D eigenvalue weighted by Gasteiger charge is 2.16. The second-order valence-electron chi connectivity index (χ2n) is 4.85. The third-order valence-electron chi connectivity index (χ3n) is 3.26. The normalized spacial score (nSPS) is 10.5. The summed E-state index contributed by atoms with van der Waals surface area (Å²) in [5.41, 5.74) is 0.346. The molecule has 1 amide bonds. The van der Waals surface area contributed by atoms with Gasteiger partial charge < -0.3 is 14.2 Å². The van der Waals surface area contributed by atoms with Crippen LogP contribution in [-0.4, -0.2) is 10.8 Å². The number of amides is 1. The molecule has 0 aliphatic carbocycles. The molecule has 2 heterocycles. The fraction of sp³-hybridized carbons (Fsp3) is 0.0625. The number of hydrogen-bond donors (Lipinski definition) is 1. The number of carbonyl (C=O) groups excluding carboxylic acids is 1. The third kappa shape index (κ3) is 3.31. The summed E-state index contributed by atoms with van der Waals surface area (Å²) in [6.07, 6.45) is 1.52. The molecule has 0 aliphatic heterocycles. The molecule has 0 spiro atoms. The first kappa shape index (κ1) is 15.8. The van der Waals surface area contributed by atoms with E-state index in [2.05, 4.69) is 5.32 Å². The SMILES string of the molecule is O=C(NCc1ccco1)c1ccc(-c2ccc([N+](=O)[O-])cc2Cl)o1. The number of nitrogens with zero attached hydrogens (tertiary/aromatic N) is 1. The van der Waals surface area contributed by atoms with Gasteiger partial charge in [0.2, 0.25) is 0 Å². The fourth-order valence-electron chi connectivity index (χ4n) is 2.09. The van der Waals surface area contributed by atoms with E-state index in [0.29, 0.717) is 17.1 Å². The standard InChI is InChI=1S/C16H11ClN2O5/c17-13-8-10(19(21)22)3-4-12(13)14-5-6-15(24-14)16(20)18-9-11-2-1-7-23-11/h1-8H,9H2,(H,18,20). The molecular formula is C16H11ClN2O5. The number of nitrogens with one attached hydrogen (secondary N) is 1. The van der Waals surface area contributed by atoms with Gasteiger partial charge in [0.15, 0.2) is 5.76 Å². The molecule has 0 radical (unpaired) electrons. The summed E-state index contributed by atoms with van der Waals surface area (Å²) in [6.45, 7) is 0.236. The third-order valence-corrected chi connectivity index (χ3v) is 3.57. The molecule has 122 valence electrons. The highest BCUT2D eigenvalue weighted by molar-refractivity contribution is 6.33. The molecule has 0 saturated heterocycles. The van der Waals surface area contributed by atoms with Crippen LogP contribution in [0.5, 0.6) is 0 Å². The first-order valence-electron chi connectivity index (χ1n) is 6.89. The maximum atomic E-state index is 12.0. The minimum absolute atomic E-state index is 0.103. The summed E-state index contributed by atoms with van der Waals surface area (Å²) in [5.74, 6) is 0.660. The Kier molecular flexibility index (Phi) is 4.35. The molecule has 0 unspecified atom stereocenters. The predicted octanol–water partition coefficient (Wildman–Crippen LogP) is 4.03. The van der Waals surface area contributed by atoms with Gasteiger partial charge in [0, 0.05) is 17.7 Å². The smallest absolute Gasteiger partial charge is 0.287 e. The number of hydrogen-bond acceptors (Lipinski definition) is 5. The van der Waals surface area contributed by atoms with Crippen molar-refractivity contribution in [3.05, 3.63) is 75.4 Å². The molecular weight excluding hydrogens is 336 g/mol. The zero-order chi connectivity index (χ0) is 17.1. The van der Waals surface area contributed by atoms with Gasteiger partial charge in [0.25, 0.3) is 11.6 Å². The Balaban J connectivity index is 1.75. The summed E-state index contributed by atoms with van der Waals surface area (Å²) >= 11 is 6.05. The summed E-state index contributed by atoms with van der Waals surface area (Å²) in [7, 11) is 0. The lowest BCUT2D eigenvalue weighted by Gasteiger charge is -2.02. The summed E-state index contributed by atoms with van der Waals surface area (Å²) in [6, 6.07) is 10.6. The highest BCUT2D eigenvalue weighted by Crippen LogP contribution is 2.32. The van der Waals surface area contributed by atoms with Crippen molar-refractivity contribution in [1.29, 1.82) is 0 Å². The lowest BCUT2D eigenvalue weighted by molar-refractivity contribution is -0.384. The van der Waals surface area contributed by atoms with Crippen molar-refractivity contribution in [2.75, 3.05) is 0 Å². The van der Waals surface area contributed by atoms with Crippen LogP contribution < -0.4 is 5.32 Å². The van der Waals surface area contributed by atoms with Gasteiger partial charge in [-0.2, -0.15) is 0 Å². The number of benzene rings is 1. The van der Waals surface area contributed by atoms with E-state index < -0.39 is 10.8 Å². The summed E-state index contributed by atoms with van der Waals surface area (Å²) in [5, 5.41) is 13.6. The monoisotopic (exact) mass is 346 g/mol. The van der Waals surface area contributed by atoms with Gasteiger partial charge >= 0.3 is 0 Å². The van der Waals surface area contributed by atoms with Crippen LogP contribution in [0.25, 0.3) is 11.3 Å². The molecule has 0 saturated carbocycles. The first-order valence-corrected chi connectivity index (χ1v) is 7.27. The number of nitro benzene ring substituents is 1. The van der Waals surface area contributed by atoms with Gasteiger partial charge in [-0.15, -0.1) is 0 Å². The second-order valence-corrected chi connectivity index (χ2v) is 5.25. The number of rotatable bonds is 5. The highest BCUT2D eigenvalue weighted by atomic mass is 35.5. The Bertz CT molecular complexity index is 886. The minimum Gasteiger partial charge on any atom is -0.467 e. The van der Waals surface area contributed by atoms with Crippen LogP contribution in [-0.2, 0) is 6.54 Å². The van der Waals surface area contributed by atoms with Gasteiger partial charge in [0.05, 0.1) is 22.8 Å². The van der Waals surface area contributed by atoms with Gasteiger partial charge in [-0.1, -0.05) is 11.6 Å². The van der Waals surface area contributed by atoms with Gasteiger partial charge in [-0.25, -0.2) is 0 Å². The maximum Gasteiger partial charge on any atom is 0.287 e. The minimum atomic E-state index is -0.536. The van der Waals surface area contributed by atoms with Crippen LogP contribution in [0.15, 0.2) is 57.6 Å². The summed E-state index contributed by atoms with van der Waals surface area (Å²) < 4.78 is 10.6. The van der Waals surface area contributed by atoms with E-state index in [1.165, 1.54) is 30.5 Å².